The minimum atomic E-state index is 0.588. The molecule has 0 aromatic heterocycles. The van der Waals surface area contributed by atoms with Crippen LogP contribution in [-0.2, 0) is 0 Å². The maximum Gasteiger partial charge on any atom is 0.120 e. The molecule has 2 heteroatoms. The van der Waals surface area contributed by atoms with Crippen molar-refractivity contribution in [2.45, 2.75) is 26.3 Å². The van der Waals surface area contributed by atoms with E-state index in [0.717, 1.165) is 17.9 Å². The van der Waals surface area contributed by atoms with Gasteiger partial charge in [0.05, 0.1) is 0 Å². The van der Waals surface area contributed by atoms with Gasteiger partial charge in [0.2, 0.25) is 0 Å². The molecule has 1 aliphatic heterocycles. The standard InChI is InChI=1S/C15H21NO/c1-11(2)15-9-14(6-5-12(15)3)17-10-13-7-8-16(13)4/h5-6,9,13H,1,7-8,10H2,2-4H3/t13-/m1/s1. The van der Waals surface area contributed by atoms with E-state index in [1.54, 1.807) is 0 Å². The number of aryl methyl sites for hydroxylation is 1. The van der Waals surface area contributed by atoms with Gasteiger partial charge in [-0.3, -0.25) is 4.90 Å². The summed E-state index contributed by atoms with van der Waals surface area (Å²) in [5, 5.41) is 0. The van der Waals surface area contributed by atoms with Crippen LogP contribution in [0.1, 0.15) is 24.5 Å². The first-order valence-corrected chi connectivity index (χ1v) is 6.17. The molecule has 17 heavy (non-hydrogen) atoms. The van der Waals surface area contributed by atoms with E-state index in [1.165, 1.54) is 24.1 Å². The second-order valence-electron chi connectivity index (χ2n) is 4.99. The van der Waals surface area contributed by atoms with Crippen molar-refractivity contribution in [2.75, 3.05) is 20.2 Å². The molecule has 1 saturated heterocycles. The molecule has 1 aromatic rings. The normalized spacial score (nSPS) is 19.8. The number of hydrogen-bond acceptors (Lipinski definition) is 2. The lowest BCUT2D eigenvalue weighted by Gasteiger charge is -2.37. The molecule has 0 unspecified atom stereocenters. The van der Waals surface area contributed by atoms with E-state index in [4.69, 9.17) is 4.74 Å². The Bertz CT molecular complexity index is 425. The lowest BCUT2D eigenvalue weighted by molar-refractivity contribution is 0.0769. The Hall–Kier alpha value is -1.28. The maximum atomic E-state index is 5.84. The van der Waals surface area contributed by atoms with Crippen molar-refractivity contribution in [1.29, 1.82) is 0 Å². The molecule has 0 spiro atoms. The smallest absolute Gasteiger partial charge is 0.120 e. The first-order chi connectivity index (χ1) is 8.08. The summed E-state index contributed by atoms with van der Waals surface area (Å²) in [6, 6.07) is 6.82. The largest absolute Gasteiger partial charge is 0.492 e. The highest BCUT2D eigenvalue weighted by molar-refractivity contribution is 5.65. The van der Waals surface area contributed by atoms with Crippen molar-refractivity contribution in [1.82, 2.24) is 4.90 Å². The zero-order chi connectivity index (χ0) is 12.4. The van der Waals surface area contributed by atoms with Crippen LogP contribution in [0.5, 0.6) is 5.75 Å². The molecular weight excluding hydrogens is 210 g/mol. The van der Waals surface area contributed by atoms with Gasteiger partial charge in [0, 0.05) is 6.04 Å². The van der Waals surface area contributed by atoms with Gasteiger partial charge in [-0.2, -0.15) is 0 Å². The summed E-state index contributed by atoms with van der Waals surface area (Å²) >= 11 is 0. The number of allylic oxidation sites excluding steroid dienone is 1. The molecular formula is C15H21NO. The zero-order valence-corrected chi connectivity index (χ0v) is 11.0. The number of likely N-dealkylation sites (tertiary alicyclic amines) is 1. The molecule has 2 rings (SSSR count). The van der Waals surface area contributed by atoms with Crippen molar-refractivity contribution in [2.24, 2.45) is 0 Å². The van der Waals surface area contributed by atoms with E-state index in [0.29, 0.717) is 6.04 Å². The number of nitrogens with zero attached hydrogens (tertiary/aromatic N) is 1. The second-order valence-corrected chi connectivity index (χ2v) is 4.99. The Labute approximate surface area is 104 Å². The highest BCUT2D eigenvalue weighted by Crippen LogP contribution is 2.24. The minimum Gasteiger partial charge on any atom is -0.492 e. The summed E-state index contributed by atoms with van der Waals surface area (Å²) in [5.41, 5.74) is 3.55. The molecule has 1 aliphatic rings. The van der Waals surface area contributed by atoms with Crippen molar-refractivity contribution in [3.8, 4) is 5.75 Å². The van der Waals surface area contributed by atoms with E-state index < -0.39 is 0 Å². The third-order valence-electron chi connectivity index (χ3n) is 3.55. The summed E-state index contributed by atoms with van der Waals surface area (Å²) < 4.78 is 5.84. The molecule has 92 valence electrons. The lowest BCUT2D eigenvalue weighted by atomic mass is 10.0. The fourth-order valence-electron chi connectivity index (χ4n) is 2.12. The van der Waals surface area contributed by atoms with Gasteiger partial charge in [0.1, 0.15) is 12.4 Å². The topological polar surface area (TPSA) is 12.5 Å². The van der Waals surface area contributed by atoms with Gasteiger partial charge in [0.15, 0.2) is 0 Å². The van der Waals surface area contributed by atoms with E-state index in [2.05, 4.69) is 37.6 Å². The summed E-state index contributed by atoms with van der Waals surface area (Å²) in [6.45, 7) is 10.1. The quantitative estimate of drug-likeness (QED) is 0.789. The monoisotopic (exact) mass is 231 g/mol. The Kier molecular flexibility index (Phi) is 3.53. The van der Waals surface area contributed by atoms with Crippen LogP contribution in [0.4, 0.5) is 0 Å². The molecule has 0 N–H and O–H groups in total. The van der Waals surface area contributed by atoms with Crippen molar-refractivity contribution >= 4 is 5.57 Å². The zero-order valence-electron chi connectivity index (χ0n) is 11.0. The SMILES string of the molecule is C=C(C)c1cc(OC[C@H]2CCN2C)ccc1C. The van der Waals surface area contributed by atoms with Crippen LogP contribution in [0.3, 0.4) is 0 Å². The van der Waals surface area contributed by atoms with E-state index in [9.17, 15) is 0 Å². The van der Waals surface area contributed by atoms with Gasteiger partial charge < -0.3 is 4.74 Å². The summed E-state index contributed by atoms with van der Waals surface area (Å²) in [4.78, 5) is 2.33. The Morgan fingerprint density at radius 2 is 2.29 bits per heavy atom. The predicted octanol–water partition coefficient (Wildman–Crippen LogP) is 3.11. The molecule has 1 atom stereocenters. The first kappa shape index (κ1) is 12.2. The minimum absolute atomic E-state index is 0.588. The average Bonchev–Trinajstić information content (AvgIpc) is 2.29. The number of benzene rings is 1. The predicted molar refractivity (Wildman–Crippen MR) is 72.4 cm³/mol. The van der Waals surface area contributed by atoms with Crippen LogP contribution in [-0.4, -0.2) is 31.1 Å². The van der Waals surface area contributed by atoms with Crippen LogP contribution >= 0.6 is 0 Å². The van der Waals surface area contributed by atoms with E-state index in [1.807, 2.05) is 13.0 Å². The average molecular weight is 231 g/mol. The summed E-state index contributed by atoms with van der Waals surface area (Å²) in [7, 11) is 2.14. The third-order valence-corrected chi connectivity index (χ3v) is 3.55. The van der Waals surface area contributed by atoms with Gasteiger partial charge in [-0.05, 0) is 57.1 Å². The van der Waals surface area contributed by atoms with Gasteiger partial charge >= 0.3 is 0 Å². The summed E-state index contributed by atoms with van der Waals surface area (Å²) in [6.07, 6.45) is 1.25. The van der Waals surface area contributed by atoms with Crippen molar-refractivity contribution < 1.29 is 4.74 Å². The van der Waals surface area contributed by atoms with Gasteiger partial charge in [0.25, 0.3) is 0 Å². The molecule has 1 heterocycles. The Morgan fingerprint density at radius 3 is 2.82 bits per heavy atom. The van der Waals surface area contributed by atoms with Crippen LogP contribution < -0.4 is 4.74 Å². The highest BCUT2D eigenvalue weighted by Gasteiger charge is 2.24. The van der Waals surface area contributed by atoms with Crippen molar-refractivity contribution in [3.63, 3.8) is 0 Å². The first-order valence-electron chi connectivity index (χ1n) is 6.17. The molecule has 0 amide bonds. The number of ether oxygens (including phenoxy) is 1. The maximum absolute atomic E-state index is 5.84. The molecule has 1 fully saturated rings. The highest BCUT2D eigenvalue weighted by atomic mass is 16.5. The molecule has 2 nitrogen and oxygen atoms in total. The fraction of sp³-hybridized carbons (Fsp3) is 0.467. The lowest BCUT2D eigenvalue weighted by Crippen LogP contribution is -2.48. The summed E-state index contributed by atoms with van der Waals surface area (Å²) in [5.74, 6) is 0.953. The third kappa shape index (κ3) is 2.70. The fourth-order valence-corrected chi connectivity index (χ4v) is 2.12. The molecule has 1 aromatic carbocycles. The van der Waals surface area contributed by atoms with Crippen LogP contribution in [0.2, 0.25) is 0 Å². The van der Waals surface area contributed by atoms with Gasteiger partial charge in [-0.1, -0.05) is 18.2 Å². The molecule has 0 bridgehead atoms. The van der Waals surface area contributed by atoms with Crippen LogP contribution in [0, 0.1) is 6.92 Å². The molecule has 0 radical (unpaired) electrons. The Morgan fingerprint density at radius 1 is 1.53 bits per heavy atom. The number of rotatable bonds is 4. The van der Waals surface area contributed by atoms with Gasteiger partial charge in [-0.25, -0.2) is 0 Å². The molecule has 0 saturated carbocycles. The van der Waals surface area contributed by atoms with Gasteiger partial charge in [-0.15, -0.1) is 0 Å². The number of likely N-dealkylation sites (N-methyl/N-ethyl adjacent to an activating group) is 1. The second kappa shape index (κ2) is 4.92. The van der Waals surface area contributed by atoms with Crippen LogP contribution in [0.25, 0.3) is 5.57 Å². The van der Waals surface area contributed by atoms with E-state index in [-0.39, 0.29) is 0 Å². The van der Waals surface area contributed by atoms with Crippen LogP contribution in [0.15, 0.2) is 24.8 Å². The van der Waals surface area contributed by atoms with Crippen molar-refractivity contribution in [3.05, 3.63) is 35.9 Å². The Balaban J connectivity index is 2.01. The van der Waals surface area contributed by atoms with E-state index >= 15 is 0 Å². The number of hydrogen-bond donors (Lipinski definition) is 0. The molecule has 0 aliphatic carbocycles.